The molecule has 17 heavy (non-hydrogen) atoms. The molecule has 0 amide bonds. The first-order chi connectivity index (χ1) is 8.15. The Balaban J connectivity index is 2.57. The zero-order valence-corrected chi connectivity index (χ0v) is 10.4. The van der Waals surface area contributed by atoms with Gasteiger partial charge in [0.15, 0.2) is 0 Å². The van der Waals surface area contributed by atoms with Crippen molar-refractivity contribution < 1.29 is 9.15 Å². The van der Waals surface area contributed by atoms with Gasteiger partial charge in [0.2, 0.25) is 0 Å². The van der Waals surface area contributed by atoms with Gasteiger partial charge in [0.1, 0.15) is 17.3 Å². The monoisotopic (exact) mass is 231 g/mol. The van der Waals surface area contributed by atoms with Gasteiger partial charge < -0.3 is 14.9 Å². The SMILES string of the molecule is COc1cc(C)cc(C)c1-c1ccc(CN)o1. The van der Waals surface area contributed by atoms with Crippen molar-refractivity contribution in [2.75, 3.05) is 7.11 Å². The van der Waals surface area contributed by atoms with Gasteiger partial charge in [-0.1, -0.05) is 6.07 Å². The van der Waals surface area contributed by atoms with Crippen LogP contribution in [0.4, 0.5) is 0 Å². The number of hydrogen-bond acceptors (Lipinski definition) is 3. The molecule has 0 unspecified atom stereocenters. The average Bonchev–Trinajstić information content (AvgIpc) is 2.76. The fourth-order valence-corrected chi connectivity index (χ4v) is 2.03. The summed E-state index contributed by atoms with van der Waals surface area (Å²) in [6, 6.07) is 7.95. The van der Waals surface area contributed by atoms with E-state index in [1.54, 1.807) is 7.11 Å². The van der Waals surface area contributed by atoms with Crippen molar-refractivity contribution in [3.63, 3.8) is 0 Å². The summed E-state index contributed by atoms with van der Waals surface area (Å²) >= 11 is 0. The van der Waals surface area contributed by atoms with Crippen LogP contribution >= 0.6 is 0 Å². The number of hydrogen-bond donors (Lipinski definition) is 1. The number of nitrogens with two attached hydrogens (primary N) is 1. The number of methoxy groups -OCH3 is 1. The van der Waals surface area contributed by atoms with E-state index in [-0.39, 0.29) is 0 Å². The molecule has 2 N–H and O–H groups in total. The standard InChI is InChI=1S/C14H17NO2/c1-9-6-10(2)14(13(7-9)16-3)12-5-4-11(8-15)17-12/h4-7H,8,15H2,1-3H3. The van der Waals surface area contributed by atoms with Crippen LogP contribution in [0.15, 0.2) is 28.7 Å². The lowest BCUT2D eigenvalue weighted by Gasteiger charge is -2.10. The zero-order valence-electron chi connectivity index (χ0n) is 10.4. The maximum atomic E-state index is 5.68. The summed E-state index contributed by atoms with van der Waals surface area (Å²) in [5.74, 6) is 2.42. The first-order valence-electron chi connectivity index (χ1n) is 5.60. The largest absolute Gasteiger partial charge is 0.496 e. The molecule has 0 atom stereocenters. The molecule has 0 radical (unpaired) electrons. The summed E-state index contributed by atoms with van der Waals surface area (Å²) < 4.78 is 11.1. The van der Waals surface area contributed by atoms with E-state index in [9.17, 15) is 0 Å². The van der Waals surface area contributed by atoms with E-state index in [2.05, 4.69) is 13.0 Å². The molecule has 3 nitrogen and oxygen atoms in total. The van der Waals surface area contributed by atoms with E-state index in [1.165, 1.54) is 5.56 Å². The molecule has 0 saturated heterocycles. The van der Waals surface area contributed by atoms with Crippen LogP contribution in [0, 0.1) is 13.8 Å². The Labute approximate surface area is 101 Å². The fourth-order valence-electron chi connectivity index (χ4n) is 2.03. The first kappa shape index (κ1) is 11.7. The molecule has 0 aliphatic rings. The highest BCUT2D eigenvalue weighted by molar-refractivity contribution is 5.70. The molecule has 1 aromatic heterocycles. The molecule has 0 bridgehead atoms. The van der Waals surface area contributed by atoms with Gasteiger partial charge in [-0.05, 0) is 43.2 Å². The van der Waals surface area contributed by atoms with Crippen molar-refractivity contribution in [3.05, 3.63) is 41.2 Å². The van der Waals surface area contributed by atoms with Gasteiger partial charge in [0, 0.05) is 0 Å². The van der Waals surface area contributed by atoms with Crippen LogP contribution in [-0.2, 0) is 6.54 Å². The van der Waals surface area contributed by atoms with Crippen LogP contribution in [0.2, 0.25) is 0 Å². The van der Waals surface area contributed by atoms with Gasteiger partial charge >= 0.3 is 0 Å². The van der Waals surface area contributed by atoms with Crippen LogP contribution in [-0.4, -0.2) is 7.11 Å². The summed E-state index contributed by atoms with van der Waals surface area (Å²) in [6.45, 7) is 4.51. The van der Waals surface area contributed by atoms with E-state index < -0.39 is 0 Å². The summed E-state index contributed by atoms with van der Waals surface area (Å²) in [5.41, 5.74) is 8.86. The summed E-state index contributed by atoms with van der Waals surface area (Å²) in [5, 5.41) is 0. The quantitative estimate of drug-likeness (QED) is 0.883. The van der Waals surface area contributed by atoms with Crippen molar-refractivity contribution in [2.24, 2.45) is 5.73 Å². The predicted octanol–water partition coefficient (Wildman–Crippen LogP) is 3.03. The van der Waals surface area contributed by atoms with Crippen LogP contribution in [0.3, 0.4) is 0 Å². The van der Waals surface area contributed by atoms with Crippen LogP contribution in [0.1, 0.15) is 16.9 Å². The molecule has 3 heteroatoms. The molecule has 0 aliphatic carbocycles. The molecule has 0 aliphatic heterocycles. The third-order valence-electron chi connectivity index (χ3n) is 2.77. The lowest BCUT2D eigenvalue weighted by atomic mass is 10.0. The Morgan fingerprint density at radius 1 is 1.24 bits per heavy atom. The Kier molecular flexibility index (Phi) is 3.20. The fraction of sp³-hybridized carbons (Fsp3) is 0.286. The molecule has 0 fully saturated rings. The Hall–Kier alpha value is -1.74. The second-order valence-corrected chi connectivity index (χ2v) is 4.13. The highest BCUT2D eigenvalue weighted by atomic mass is 16.5. The second kappa shape index (κ2) is 4.63. The number of rotatable bonds is 3. The van der Waals surface area contributed by atoms with E-state index in [1.807, 2.05) is 25.1 Å². The van der Waals surface area contributed by atoms with Crippen LogP contribution in [0.25, 0.3) is 11.3 Å². The van der Waals surface area contributed by atoms with Crippen molar-refractivity contribution in [3.8, 4) is 17.1 Å². The lowest BCUT2D eigenvalue weighted by Crippen LogP contribution is -1.93. The van der Waals surface area contributed by atoms with Gasteiger partial charge in [0.05, 0.1) is 19.2 Å². The van der Waals surface area contributed by atoms with Crippen molar-refractivity contribution in [1.82, 2.24) is 0 Å². The molecular weight excluding hydrogens is 214 g/mol. The maximum absolute atomic E-state index is 5.68. The summed E-state index contributed by atoms with van der Waals surface area (Å²) in [7, 11) is 1.67. The smallest absolute Gasteiger partial charge is 0.138 e. The van der Waals surface area contributed by atoms with E-state index in [0.29, 0.717) is 6.54 Å². The zero-order chi connectivity index (χ0) is 12.4. The minimum Gasteiger partial charge on any atom is -0.496 e. The lowest BCUT2D eigenvalue weighted by molar-refractivity contribution is 0.413. The number of benzene rings is 1. The molecule has 1 heterocycles. The van der Waals surface area contributed by atoms with Gasteiger partial charge in [0.25, 0.3) is 0 Å². The summed E-state index contributed by atoms with van der Waals surface area (Å²) in [6.07, 6.45) is 0. The molecule has 1 aromatic carbocycles. The number of furan rings is 1. The second-order valence-electron chi connectivity index (χ2n) is 4.13. The van der Waals surface area contributed by atoms with Crippen LogP contribution < -0.4 is 10.5 Å². The topological polar surface area (TPSA) is 48.4 Å². The number of aryl methyl sites for hydroxylation is 2. The van der Waals surface area contributed by atoms with Gasteiger partial charge in [-0.3, -0.25) is 0 Å². The number of ether oxygens (including phenoxy) is 1. The highest BCUT2D eigenvalue weighted by Gasteiger charge is 2.13. The third-order valence-corrected chi connectivity index (χ3v) is 2.77. The van der Waals surface area contributed by atoms with E-state index in [4.69, 9.17) is 14.9 Å². The normalized spacial score (nSPS) is 10.6. The first-order valence-corrected chi connectivity index (χ1v) is 5.60. The Morgan fingerprint density at radius 2 is 2.00 bits per heavy atom. The van der Waals surface area contributed by atoms with Gasteiger partial charge in [-0.25, -0.2) is 0 Å². The van der Waals surface area contributed by atoms with Gasteiger partial charge in [-0.2, -0.15) is 0 Å². The predicted molar refractivity (Wildman–Crippen MR) is 68.1 cm³/mol. The highest BCUT2D eigenvalue weighted by Crippen LogP contribution is 2.35. The van der Waals surface area contributed by atoms with Gasteiger partial charge in [-0.15, -0.1) is 0 Å². The Morgan fingerprint density at radius 3 is 2.59 bits per heavy atom. The third kappa shape index (κ3) is 2.19. The minimum absolute atomic E-state index is 0.410. The maximum Gasteiger partial charge on any atom is 0.138 e. The molecule has 0 saturated carbocycles. The van der Waals surface area contributed by atoms with Crippen molar-refractivity contribution >= 4 is 0 Å². The molecule has 2 rings (SSSR count). The summed E-state index contributed by atoms with van der Waals surface area (Å²) in [4.78, 5) is 0. The molecule has 0 spiro atoms. The average molecular weight is 231 g/mol. The molecule has 2 aromatic rings. The Bertz CT molecular complexity index is 529. The minimum atomic E-state index is 0.410. The van der Waals surface area contributed by atoms with Crippen LogP contribution in [0.5, 0.6) is 5.75 Å². The van der Waals surface area contributed by atoms with Crippen molar-refractivity contribution in [1.29, 1.82) is 0 Å². The molecular formula is C14H17NO2. The van der Waals surface area contributed by atoms with Crippen molar-refractivity contribution in [2.45, 2.75) is 20.4 Å². The van der Waals surface area contributed by atoms with E-state index in [0.717, 1.165) is 28.4 Å². The van der Waals surface area contributed by atoms with E-state index >= 15 is 0 Å². The molecule has 90 valence electrons.